The number of hydrogen-bond donors (Lipinski definition) is 2. The van der Waals surface area contributed by atoms with Crippen molar-refractivity contribution in [2.75, 3.05) is 13.1 Å². The molecule has 1 aliphatic rings. The van der Waals surface area contributed by atoms with Crippen LogP contribution in [-0.4, -0.2) is 30.2 Å². The first-order valence-corrected chi connectivity index (χ1v) is 6.67. The fourth-order valence-electron chi connectivity index (χ4n) is 1.88. The predicted molar refractivity (Wildman–Crippen MR) is 87.2 cm³/mol. The summed E-state index contributed by atoms with van der Waals surface area (Å²) in [5, 5.41) is 10.6. The molecule has 0 aliphatic heterocycles. The quantitative estimate of drug-likeness (QED) is 0.468. The maximum absolute atomic E-state index is 5.15. The highest BCUT2D eigenvalue weighted by atomic mass is 127. The lowest BCUT2D eigenvalue weighted by atomic mass is 10.1. The van der Waals surface area contributed by atoms with Gasteiger partial charge in [-0.05, 0) is 40.0 Å². The van der Waals surface area contributed by atoms with E-state index in [9.17, 15) is 0 Å². The third kappa shape index (κ3) is 5.00. The summed E-state index contributed by atoms with van der Waals surface area (Å²) >= 11 is 0. The molecule has 0 aromatic carbocycles. The molecule has 0 unspecified atom stereocenters. The molecule has 0 bridgehead atoms. The van der Waals surface area contributed by atoms with E-state index in [0.717, 1.165) is 36.9 Å². The van der Waals surface area contributed by atoms with Crippen LogP contribution in [0.5, 0.6) is 0 Å². The van der Waals surface area contributed by atoms with Crippen LogP contribution >= 0.6 is 24.0 Å². The van der Waals surface area contributed by atoms with E-state index >= 15 is 0 Å². The normalized spacial score (nSPS) is 15.0. The van der Waals surface area contributed by atoms with Crippen molar-refractivity contribution in [2.45, 2.75) is 46.1 Å². The largest absolute Gasteiger partial charge is 0.361 e. The summed E-state index contributed by atoms with van der Waals surface area (Å²) in [7, 11) is 0. The Labute approximate surface area is 131 Å². The molecule has 1 aromatic rings. The number of hydrogen-bond acceptors (Lipinski definition) is 3. The second-order valence-corrected chi connectivity index (χ2v) is 4.73. The van der Waals surface area contributed by atoms with E-state index in [0.29, 0.717) is 6.04 Å². The molecule has 0 saturated heterocycles. The molecule has 2 rings (SSSR count). The van der Waals surface area contributed by atoms with Crippen molar-refractivity contribution in [3.63, 3.8) is 0 Å². The van der Waals surface area contributed by atoms with Gasteiger partial charge < -0.3 is 15.2 Å². The van der Waals surface area contributed by atoms with Gasteiger partial charge in [0, 0.05) is 24.7 Å². The van der Waals surface area contributed by atoms with Gasteiger partial charge >= 0.3 is 0 Å². The lowest BCUT2D eigenvalue weighted by molar-refractivity contribution is 0.392. The summed E-state index contributed by atoms with van der Waals surface area (Å²) in [5.41, 5.74) is 2.16. The Balaban J connectivity index is 0.00000180. The average molecular weight is 378 g/mol. The van der Waals surface area contributed by atoms with Crippen molar-refractivity contribution >= 4 is 29.9 Å². The van der Waals surface area contributed by atoms with Crippen molar-refractivity contribution in [1.29, 1.82) is 0 Å². The number of aromatic nitrogens is 1. The van der Waals surface area contributed by atoms with E-state index in [1.807, 2.05) is 13.8 Å². The van der Waals surface area contributed by atoms with Gasteiger partial charge in [0.25, 0.3) is 0 Å². The molecular formula is C13H23IN4O. The molecule has 19 heavy (non-hydrogen) atoms. The van der Waals surface area contributed by atoms with E-state index in [-0.39, 0.29) is 24.0 Å². The van der Waals surface area contributed by atoms with Crippen LogP contribution in [0.4, 0.5) is 0 Å². The Bertz CT molecular complexity index is 407. The van der Waals surface area contributed by atoms with Gasteiger partial charge in [-0.2, -0.15) is 0 Å². The third-order valence-electron chi connectivity index (χ3n) is 3.08. The van der Waals surface area contributed by atoms with Crippen molar-refractivity contribution < 1.29 is 4.52 Å². The average Bonchev–Trinajstić information content (AvgIpc) is 3.10. The van der Waals surface area contributed by atoms with Crippen molar-refractivity contribution in [1.82, 2.24) is 15.8 Å². The van der Waals surface area contributed by atoms with E-state index in [2.05, 4.69) is 27.7 Å². The standard InChI is InChI=1S/C13H22N4O.HI/c1-4-14-13(16-11-5-6-11)15-8-7-12-9(2)17-18-10(12)3;/h11H,4-8H2,1-3H3,(H2,14,15,16);1H. The van der Waals surface area contributed by atoms with Crippen molar-refractivity contribution in [3.8, 4) is 0 Å². The van der Waals surface area contributed by atoms with Gasteiger partial charge in [-0.25, -0.2) is 0 Å². The van der Waals surface area contributed by atoms with Gasteiger partial charge in [0.15, 0.2) is 5.96 Å². The smallest absolute Gasteiger partial charge is 0.191 e. The molecule has 108 valence electrons. The summed E-state index contributed by atoms with van der Waals surface area (Å²) in [6, 6.07) is 0.627. The number of halogens is 1. The molecule has 0 spiro atoms. The Kier molecular flexibility index (Phi) is 6.60. The van der Waals surface area contributed by atoms with Crippen molar-refractivity contribution in [2.24, 2.45) is 4.99 Å². The van der Waals surface area contributed by atoms with E-state index in [4.69, 9.17) is 4.52 Å². The summed E-state index contributed by atoms with van der Waals surface area (Å²) in [4.78, 5) is 4.58. The van der Waals surface area contributed by atoms with Crippen molar-refractivity contribution in [3.05, 3.63) is 17.0 Å². The maximum Gasteiger partial charge on any atom is 0.191 e. The fraction of sp³-hybridized carbons (Fsp3) is 0.692. The van der Waals surface area contributed by atoms with Gasteiger partial charge in [0.05, 0.1) is 5.69 Å². The Morgan fingerprint density at radius 2 is 2.16 bits per heavy atom. The van der Waals surface area contributed by atoms with Gasteiger partial charge in [0.2, 0.25) is 0 Å². The number of nitrogens with one attached hydrogen (secondary N) is 2. The number of nitrogens with zero attached hydrogens (tertiary/aromatic N) is 2. The lowest BCUT2D eigenvalue weighted by Gasteiger charge is -2.09. The topological polar surface area (TPSA) is 62.5 Å². The fourth-order valence-corrected chi connectivity index (χ4v) is 1.88. The molecule has 6 heteroatoms. The maximum atomic E-state index is 5.15. The van der Waals surface area contributed by atoms with Crippen LogP contribution in [0.1, 0.15) is 36.8 Å². The molecule has 0 amide bonds. The zero-order valence-corrected chi connectivity index (χ0v) is 14.2. The second-order valence-electron chi connectivity index (χ2n) is 4.73. The molecular weight excluding hydrogens is 355 g/mol. The number of guanidine groups is 1. The van der Waals surface area contributed by atoms with Crippen LogP contribution in [-0.2, 0) is 6.42 Å². The number of aliphatic imine (C=N–C) groups is 1. The molecule has 1 heterocycles. The molecule has 1 saturated carbocycles. The van der Waals surface area contributed by atoms with Crippen LogP contribution < -0.4 is 10.6 Å². The first-order chi connectivity index (χ1) is 8.70. The summed E-state index contributed by atoms with van der Waals surface area (Å²) in [6.07, 6.45) is 3.39. The first-order valence-electron chi connectivity index (χ1n) is 6.67. The Hall–Kier alpha value is -0.790. The summed E-state index contributed by atoms with van der Waals surface area (Å²) in [6.45, 7) is 7.66. The van der Waals surface area contributed by atoms with E-state index in [1.54, 1.807) is 0 Å². The minimum atomic E-state index is 0. The highest BCUT2D eigenvalue weighted by Gasteiger charge is 2.22. The third-order valence-corrected chi connectivity index (χ3v) is 3.08. The lowest BCUT2D eigenvalue weighted by Crippen LogP contribution is -2.38. The molecule has 1 aliphatic carbocycles. The molecule has 0 radical (unpaired) electrons. The number of aryl methyl sites for hydroxylation is 2. The summed E-state index contributed by atoms with van der Waals surface area (Å²) in [5.74, 6) is 1.83. The first kappa shape index (κ1) is 16.3. The molecule has 1 aromatic heterocycles. The van der Waals surface area contributed by atoms with Crippen LogP contribution in [0, 0.1) is 13.8 Å². The van der Waals surface area contributed by atoms with Crippen LogP contribution in [0.3, 0.4) is 0 Å². The molecule has 5 nitrogen and oxygen atoms in total. The SMILES string of the molecule is CCNC(=NCCc1c(C)noc1C)NC1CC1.I. The zero-order valence-electron chi connectivity index (χ0n) is 11.8. The minimum Gasteiger partial charge on any atom is -0.361 e. The van der Waals surface area contributed by atoms with Gasteiger partial charge in [-0.1, -0.05) is 5.16 Å². The molecule has 2 N–H and O–H groups in total. The van der Waals surface area contributed by atoms with E-state index in [1.165, 1.54) is 18.4 Å². The minimum absolute atomic E-state index is 0. The highest BCUT2D eigenvalue weighted by Crippen LogP contribution is 2.18. The molecule has 1 fully saturated rings. The van der Waals surface area contributed by atoms with Crippen LogP contribution in [0.2, 0.25) is 0 Å². The highest BCUT2D eigenvalue weighted by molar-refractivity contribution is 14.0. The van der Waals surface area contributed by atoms with Crippen LogP contribution in [0.15, 0.2) is 9.52 Å². The Morgan fingerprint density at radius 1 is 1.42 bits per heavy atom. The zero-order chi connectivity index (χ0) is 13.0. The van der Waals surface area contributed by atoms with Gasteiger partial charge in [-0.3, -0.25) is 4.99 Å². The molecule has 0 atom stereocenters. The Morgan fingerprint density at radius 3 is 2.68 bits per heavy atom. The van der Waals surface area contributed by atoms with Crippen LogP contribution in [0.25, 0.3) is 0 Å². The predicted octanol–water partition coefficient (Wildman–Crippen LogP) is 2.17. The number of rotatable bonds is 5. The van der Waals surface area contributed by atoms with Gasteiger partial charge in [-0.15, -0.1) is 24.0 Å². The van der Waals surface area contributed by atoms with E-state index < -0.39 is 0 Å². The monoisotopic (exact) mass is 378 g/mol. The summed E-state index contributed by atoms with van der Waals surface area (Å²) < 4.78 is 5.15. The second kappa shape index (κ2) is 7.72. The van der Waals surface area contributed by atoms with Gasteiger partial charge in [0.1, 0.15) is 5.76 Å².